The van der Waals surface area contributed by atoms with E-state index in [0.29, 0.717) is 19.4 Å². The van der Waals surface area contributed by atoms with E-state index in [1.165, 1.54) is 4.90 Å². The zero-order chi connectivity index (χ0) is 14.5. The number of nitrogens with zero attached hydrogens (tertiary/aromatic N) is 1. The number of hydrogen-bond donors (Lipinski definition) is 2. The van der Waals surface area contributed by atoms with Crippen molar-refractivity contribution in [3.8, 4) is 0 Å². The van der Waals surface area contributed by atoms with Crippen molar-refractivity contribution in [3.63, 3.8) is 0 Å². The maximum atomic E-state index is 12.2. The molecule has 1 aliphatic rings. The van der Waals surface area contributed by atoms with Crippen LogP contribution in [0.3, 0.4) is 0 Å². The summed E-state index contributed by atoms with van der Waals surface area (Å²) < 4.78 is 0. The molecule has 1 aliphatic heterocycles. The number of likely N-dealkylation sites (tertiary alicyclic amines) is 1. The molecule has 2 atom stereocenters. The number of thioether (sulfide) groups is 1. The molecule has 2 unspecified atom stereocenters. The topological polar surface area (TPSA) is 69.6 Å². The highest BCUT2D eigenvalue weighted by atomic mass is 32.2. The summed E-state index contributed by atoms with van der Waals surface area (Å²) >= 11 is 1.76. The Morgan fingerprint density at radius 2 is 2.16 bits per heavy atom. The zero-order valence-corrected chi connectivity index (χ0v) is 12.8. The maximum absolute atomic E-state index is 12.2. The fourth-order valence-electron chi connectivity index (χ4n) is 2.54. The van der Waals surface area contributed by atoms with E-state index in [1.807, 2.05) is 13.8 Å². The summed E-state index contributed by atoms with van der Waals surface area (Å²) in [6, 6.07) is -0.188. The standard InChI is InChI=1S/C13H24N2O3S/c1-4-13(11(16)17)7-6-8-15(13)12(18)14-10(3)9-19-5-2/h10H,4-9H2,1-3H3,(H,14,18)(H,16,17). The van der Waals surface area contributed by atoms with Gasteiger partial charge in [-0.3, -0.25) is 0 Å². The lowest BCUT2D eigenvalue weighted by Gasteiger charge is -2.34. The minimum Gasteiger partial charge on any atom is -0.479 e. The molecule has 6 heteroatoms. The van der Waals surface area contributed by atoms with Crippen molar-refractivity contribution in [2.75, 3.05) is 18.1 Å². The van der Waals surface area contributed by atoms with Crippen LogP contribution in [0.1, 0.15) is 40.0 Å². The monoisotopic (exact) mass is 288 g/mol. The molecule has 110 valence electrons. The van der Waals surface area contributed by atoms with E-state index < -0.39 is 11.5 Å². The van der Waals surface area contributed by atoms with E-state index in [4.69, 9.17) is 0 Å². The molecule has 19 heavy (non-hydrogen) atoms. The van der Waals surface area contributed by atoms with Crippen LogP contribution in [0.5, 0.6) is 0 Å². The van der Waals surface area contributed by atoms with Crippen molar-refractivity contribution in [1.82, 2.24) is 10.2 Å². The van der Waals surface area contributed by atoms with Gasteiger partial charge in [0.2, 0.25) is 0 Å². The van der Waals surface area contributed by atoms with Crippen LogP contribution in [-0.2, 0) is 4.79 Å². The molecule has 0 bridgehead atoms. The van der Waals surface area contributed by atoms with Gasteiger partial charge in [0.05, 0.1) is 0 Å². The summed E-state index contributed by atoms with van der Waals surface area (Å²) in [5, 5.41) is 12.3. The van der Waals surface area contributed by atoms with Gasteiger partial charge in [0.1, 0.15) is 5.54 Å². The molecule has 1 rings (SSSR count). The lowest BCUT2D eigenvalue weighted by atomic mass is 9.93. The Balaban J connectivity index is 2.67. The van der Waals surface area contributed by atoms with E-state index in [1.54, 1.807) is 11.8 Å². The molecule has 0 aliphatic carbocycles. The number of carbonyl (C=O) groups excluding carboxylic acids is 1. The molecule has 0 aromatic carbocycles. The van der Waals surface area contributed by atoms with Crippen LogP contribution in [0.4, 0.5) is 4.79 Å². The first-order valence-electron chi connectivity index (χ1n) is 6.87. The first-order chi connectivity index (χ1) is 8.97. The van der Waals surface area contributed by atoms with E-state index in [-0.39, 0.29) is 12.1 Å². The van der Waals surface area contributed by atoms with Crippen molar-refractivity contribution in [3.05, 3.63) is 0 Å². The first kappa shape index (κ1) is 16.1. The molecule has 0 spiro atoms. The fraction of sp³-hybridized carbons (Fsp3) is 0.846. The van der Waals surface area contributed by atoms with Gasteiger partial charge in [0.25, 0.3) is 0 Å². The second-order valence-corrected chi connectivity index (χ2v) is 6.27. The number of urea groups is 1. The summed E-state index contributed by atoms with van der Waals surface area (Å²) in [5.41, 5.74) is -1.01. The van der Waals surface area contributed by atoms with Crippen LogP contribution in [-0.4, -0.2) is 51.6 Å². The smallest absolute Gasteiger partial charge is 0.329 e. The fourth-order valence-corrected chi connectivity index (χ4v) is 3.21. The van der Waals surface area contributed by atoms with Gasteiger partial charge in [-0.15, -0.1) is 0 Å². The Morgan fingerprint density at radius 3 is 2.68 bits per heavy atom. The summed E-state index contributed by atoms with van der Waals surface area (Å²) in [6.45, 7) is 6.38. The Bertz CT molecular complexity index is 338. The minimum absolute atomic E-state index is 0.0569. The summed E-state index contributed by atoms with van der Waals surface area (Å²) in [5.74, 6) is 0.971. The summed E-state index contributed by atoms with van der Waals surface area (Å²) in [6.07, 6.45) is 1.75. The van der Waals surface area contributed by atoms with Gasteiger partial charge in [-0.1, -0.05) is 13.8 Å². The number of rotatable bonds is 6. The molecular formula is C13H24N2O3S. The number of amides is 2. The van der Waals surface area contributed by atoms with Crippen LogP contribution in [0.2, 0.25) is 0 Å². The molecule has 0 aromatic heterocycles. The molecule has 2 amide bonds. The second-order valence-electron chi connectivity index (χ2n) is 4.96. The van der Waals surface area contributed by atoms with Crippen LogP contribution in [0.15, 0.2) is 0 Å². The average Bonchev–Trinajstić information content (AvgIpc) is 2.81. The number of aliphatic carboxylic acids is 1. The predicted octanol–water partition coefficient (Wildman–Crippen LogP) is 2.17. The van der Waals surface area contributed by atoms with E-state index in [0.717, 1.165) is 17.9 Å². The number of nitrogens with one attached hydrogen (secondary N) is 1. The molecule has 1 heterocycles. The van der Waals surface area contributed by atoms with Crippen molar-refractivity contribution < 1.29 is 14.7 Å². The molecule has 1 saturated heterocycles. The molecule has 0 radical (unpaired) electrons. The first-order valence-corrected chi connectivity index (χ1v) is 8.02. The quantitative estimate of drug-likeness (QED) is 0.786. The zero-order valence-electron chi connectivity index (χ0n) is 11.9. The lowest BCUT2D eigenvalue weighted by Crippen LogP contribution is -2.57. The van der Waals surface area contributed by atoms with Gasteiger partial charge in [-0.05, 0) is 31.9 Å². The highest BCUT2D eigenvalue weighted by Crippen LogP contribution is 2.32. The lowest BCUT2D eigenvalue weighted by molar-refractivity contribution is -0.148. The largest absolute Gasteiger partial charge is 0.479 e. The van der Waals surface area contributed by atoms with Gasteiger partial charge in [0.15, 0.2) is 0 Å². The normalized spacial score (nSPS) is 24.3. The molecule has 0 aromatic rings. The number of carbonyl (C=O) groups is 2. The van der Waals surface area contributed by atoms with Crippen molar-refractivity contribution in [1.29, 1.82) is 0 Å². The molecule has 1 fully saturated rings. The number of carboxylic acid groups (broad SMARTS) is 1. The van der Waals surface area contributed by atoms with Crippen LogP contribution in [0, 0.1) is 0 Å². The van der Waals surface area contributed by atoms with E-state index in [2.05, 4.69) is 12.2 Å². The van der Waals surface area contributed by atoms with Crippen molar-refractivity contribution in [2.24, 2.45) is 0 Å². The predicted molar refractivity (Wildman–Crippen MR) is 77.6 cm³/mol. The van der Waals surface area contributed by atoms with Crippen molar-refractivity contribution >= 4 is 23.8 Å². The molecule has 5 nitrogen and oxygen atoms in total. The number of carboxylic acids is 1. The van der Waals surface area contributed by atoms with Gasteiger partial charge < -0.3 is 15.3 Å². The third-order valence-electron chi connectivity index (χ3n) is 3.66. The maximum Gasteiger partial charge on any atom is 0.329 e. The summed E-state index contributed by atoms with van der Waals surface area (Å²) in [7, 11) is 0. The Hall–Kier alpha value is -0.910. The average molecular weight is 288 g/mol. The summed E-state index contributed by atoms with van der Waals surface area (Å²) in [4.78, 5) is 25.2. The SMILES string of the molecule is CCSCC(C)NC(=O)N1CCCC1(CC)C(=O)O. The minimum atomic E-state index is -1.01. The van der Waals surface area contributed by atoms with E-state index >= 15 is 0 Å². The van der Waals surface area contributed by atoms with Gasteiger partial charge in [-0.25, -0.2) is 9.59 Å². The van der Waals surface area contributed by atoms with Crippen molar-refractivity contribution in [2.45, 2.75) is 51.6 Å². The van der Waals surface area contributed by atoms with Crippen LogP contribution < -0.4 is 5.32 Å². The van der Waals surface area contributed by atoms with Gasteiger partial charge in [-0.2, -0.15) is 11.8 Å². The third kappa shape index (κ3) is 3.55. The highest BCUT2D eigenvalue weighted by molar-refractivity contribution is 7.99. The molecule has 0 saturated carbocycles. The molecular weight excluding hydrogens is 264 g/mol. The second kappa shape index (κ2) is 7.03. The Labute approximate surface area is 119 Å². The van der Waals surface area contributed by atoms with Gasteiger partial charge in [0, 0.05) is 18.3 Å². The van der Waals surface area contributed by atoms with Crippen LogP contribution >= 0.6 is 11.8 Å². The number of hydrogen-bond acceptors (Lipinski definition) is 3. The third-order valence-corrected chi connectivity index (χ3v) is 4.80. The Kier molecular flexibility index (Phi) is 5.97. The Morgan fingerprint density at radius 1 is 1.47 bits per heavy atom. The van der Waals surface area contributed by atoms with E-state index in [9.17, 15) is 14.7 Å². The highest BCUT2D eigenvalue weighted by Gasteiger charge is 2.48. The van der Waals surface area contributed by atoms with Gasteiger partial charge >= 0.3 is 12.0 Å². The van der Waals surface area contributed by atoms with Crippen LogP contribution in [0.25, 0.3) is 0 Å². The molecule has 2 N–H and O–H groups in total.